The molecule has 3 nitrogen and oxygen atoms in total. The third-order valence-electron chi connectivity index (χ3n) is 3.39. The highest BCUT2D eigenvalue weighted by molar-refractivity contribution is 8.00. The van der Waals surface area contributed by atoms with E-state index in [9.17, 15) is 5.26 Å². The van der Waals surface area contributed by atoms with Gasteiger partial charge in [0.2, 0.25) is 0 Å². The van der Waals surface area contributed by atoms with Crippen LogP contribution < -0.4 is 5.32 Å². The van der Waals surface area contributed by atoms with E-state index in [1.54, 1.807) is 0 Å². The number of ether oxygens (including phenoxy) is 1. The molecule has 2 atom stereocenters. The molecule has 1 saturated carbocycles. The molecule has 1 aliphatic heterocycles. The second-order valence-corrected chi connectivity index (χ2v) is 6.39. The van der Waals surface area contributed by atoms with Gasteiger partial charge in [-0.25, -0.2) is 0 Å². The van der Waals surface area contributed by atoms with Crippen LogP contribution in [0.4, 0.5) is 0 Å². The second-order valence-electron chi connectivity index (χ2n) is 4.78. The van der Waals surface area contributed by atoms with Crippen molar-refractivity contribution in [1.82, 2.24) is 5.32 Å². The molecule has 0 amide bonds. The van der Waals surface area contributed by atoms with Crippen LogP contribution in [0, 0.1) is 11.3 Å². The molecule has 0 radical (unpaired) electrons. The van der Waals surface area contributed by atoms with Crippen LogP contribution in [0.15, 0.2) is 0 Å². The Morgan fingerprint density at radius 3 is 2.88 bits per heavy atom. The first-order valence-electron chi connectivity index (χ1n) is 6.17. The minimum atomic E-state index is -0.238. The van der Waals surface area contributed by atoms with Gasteiger partial charge in [-0.2, -0.15) is 17.0 Å². The minimum absolute atomic E-state index is 0.238. The molecule has 16 heavy (non-hydrogen) atoms. The van der Waals surface area contributed by atoms with E-state index in [-0.39, 0.29) is 5.54 Å². The van der Waals surface area contributed by atoms with Crippen molar-refractivity contribution >= 4 is 11.8 Å². The van der Waals surface area contributed by atoms with Crippen LogP contribution in [0.2, 0.25) is 0 Å². The minimum Gasteiger partial charge on any atom is -0.379 e. The zero-order valence-corrected chi connectivity index (χ0v) is 10.7. The number of thioether (sulfide) groups is 1. The maximum absolute atomic E-state index is 9.32. The van der Waals surface area contributed by atoms with Crippen LogP contribution in [-0.4, -0.2) is 35.8 Å². The second kappa shape index (κ2) is 5.39. The molecule has 2 rings (SSSR count). The number of nitrogens with zero attached hydrogens (tertiary/aromatic N) is 1. The molecule has 1 aliphatic carbocycles. The number of nitrogens with one attached hydrogen (secondary N) is 1. The van der Waals surface area contributed by atoms with Gasteiger partial charge in [0, 0.05) is 5.25 Å². The molecule has 0 bridgehead atoms. The topological polar surface area (TPSA) is 45.0 Å². The molecule has 0 aromatic carbocycles. The highest BCUT2D eigenvalue weighted by Crippen LogP contribution is 2.39. The summed E-state index contributed by atoms with van der Waals surface area (Å²) in [6.45, 7) is 4.91. The average molecular weight is 240 g/mol. The van der Waals surface area contributed by atoms with Crippen molar-refractivity contribution in [2.75, 3.05) is 19.8 Å². The number of rotatable bonds is 5. The lowest BCUT2D eigenvalue weighted by atomic mass is 10.00. The smallest absolute Gasteiger partial charge is 0.107 e. The van der Waals surface area contributed by atoms with E-state index in [4.69, 9.17) is 4.74 Å². The molecule has 2 aliphatic rings. The highest BCUT2D eigenvalue weighted by Gasteiger charge is 2.40. The monoisotopic (exact) mass is 240 g/mol. The lowest BCUT2D eigenvalue weighted by molar-refractivity contribution is 0.0453. The maximum atomic E-state index is 9.32. The van der Waals surface area contributed by atoms with Gasteiger partial charge in [-0.1, -0.05) is 6.92 Å². The van der Waals surface area contributed by atoms with E-state index < -0.39 is 0 Å². The summed E-state index contributed by atoms with van der Waals surface area (Å²) in [4.78, 5) is 0. The Kier molecular flexibility index (Phi) is 4.12. The lowest BCUT2D eigenvalue weighted by Gasteiger charge is -2.28. The maximum Gasteiger partial charge on any atom is 0.107 e. The molecule has 0 spiro atoms. The van der Waals surface area contributed by atoms with Crippen molar-refractivity contribution < 1.29 is 4.74 Å². The van der Waals surface area contributed by atoms with Gasteiger partial charge >= 0.3 is 0 Å². The lowest BCUT2D eigenvalue weighted by Crippen LogP contribution is -2.42. The normalized spacial score (nSPS) is 34.6. The van der Waals surface area contributed by atoms with E-state index in [1.807, 2.05) is 11.8 Å². The average Bonchev–Trinajstić information content (AvgIpc) is 2.65. The van der Waals surface area contributed by atoms with Gasteiger partial charge < -0.3 is 4.74 Å². The summed E-state index contributed by atoms with van der Waals surface area (Å²) in [5, 5.41) is 14.1. The Morgan fingerprint density at radius 1 is 1.50 bits per heavy atom. The van der Waals surface area contributed by atoms with E-state index in [0.717, 1.165) is 39.0 Å². The van der Waals surface area contributed by atoms with Crippen molar-refractivity contribution in [2.24, 2.45) is 0 Å². The van der Waals surface area contributed by atoms with Crippen LogP contribution in [0.1, 0.15) is 32.6 Å². The third-order valence-corrected chi connectivity index (χ3v) is 4.83. The number of hydrogen-bond donors (Lipinski definition) is 1. The third kappa shape index (κ3) is 2.71. The fraction of sp³-hybridized carbons (Fsp3) is 0.917. The Balaban J connectivity index is 1.81. The number of hydrogen-bond acceptors (Lipinski definition) is 4. The van der Waals surface area contributed by atoms with Crippen LogP contribution in [0.3, 0.4) is 0 Å². The molecule has 2 fully saturated rings. The molecule has 4 heteroatoms. The molecule has 1 N–H and O–H groups in total. The molecular formula is C12H20N2OS. The molecule has 1 heterocycles. The predicted molar refractivity (Wildman–Crippen MR) is 66.5 cm³/mol. The Bertz CT molecular complexity index is 275. The Hall–Kier alpha value is -0.240. The van der Waals surface area contributed by atoms with E-state index in [0.29, 0.717) is 10.5 Å². The van der Waals surface area contributed by atoms with Crippen molar-refractivity contribution in [3.8, 4) is 6.07 Å². The van der Waals surface area contributed by atoms with Gasteiger partial charge in [-0.05, 0) is 32.2 Å². The van der Waals surface area contributed by atoms with E-state index >= 15 is 0 Å². The largest absolute Gasteiger partial charge is 0.379 e. The summed E-state index contributed by atoms with van der Waals surface area (Å²) in [5.74, 6) is 0. The highest BCUT2D eigenvalue weighted by atomic mass is 32.2. The van der Waals surface area contributed by atoms with Gasteiger partial charge in [-0.15, -0.1) is 0 Å². The quantitative estimate of drug-likeness (QED) is 0.797. The molecule has 90 valence electrons. The Labute approximate surface area is 102 Å². The van der Waals surface area contributed by atoms with E-state index in [1.165, 1.54) is 6.42 Å². The first kappa shape index (κ1) is 12.2. The summed E-state index contributed by atoms with van der Waals surface area (Å²) in [6, 6.07) is 2.50. The van der Waals surface area contributed by atoms with Crippen molar-refractivity contribution in [1.29, 1.82) is 5.26 Å². The zero-order valence-electron chi connectivity index (χ0n) is 9.87. The van der Waals surface area contributed by atoms with Crippen molar-refractivity contribution in [2.45, 2.75) is 48.6 Å². The first-order valence-corrected chi connectivity index (χ1v) is 7.12. The summed E-state index contributed by atoms with van der Waals surface area (Å²) in [5.41, 5.74) is -0.238. The van der Waals surface area contributed by atoms with Crippen LogP contribution in [-0.2, 0) is 4.74 Å². The van der Waals surface area contributed by atoms with Gasteiger partial charge in [0.15, 0.2) is 0 Å². The van der Waals surface area contributed by atoms with Crippen molar-refractivity contribution in [3.05, 3.63) is 0 Å². The first-order chi connectivity index (χ1) is 7.78. The van der Waals surface area contributed by atoms with Crippen LogP contribution in [0.5, 0.6) is 0 Å². The molecule has 2 unspecified atom stereocenters. The molecular weight excluding hydrogens is 220 g/mol. The van der Waals surface area contributed by atoms with Crippen LogP contribution >= 0.6 is 11.8 Å². The van der Waals surface area contributed by atoms with Crippen molar-refractivity contribution in [3.63, 3.8) is 0 Å². The van der Waals surface area contributed by atoms with E-state index in [2.05, 4.69) is 18.3 Å². The number of nitriles is 1. The summed E-state index contributed by atoms with van der Waals surface area (Å²) in [7, 11) is 0. The molecule has 0 aromatic rings. The van der Waals surface area contributed by atoms with Gasteiger partial charge in [0.05, 0.1) is 24.5 Å². The Morgan fingerprint density at radius 2 is 2.31 bits per heavy atom. The summed E-state index contributed by atoms with van der Waals surface area (Å²) in [6.07, 6.45) is 4.28. The zero-order chi connectivity index (χ0) is 11.4. The standard InChI is InChI=1S/C12H20N2OS/c1-2-5-14-12(9-13)4-3-10(6-12)16-11-7-15-8-11/h10-11,14H,2-8H2,1H3. The van der Waals surface area contributed by atoms with Gasteiger partial charge in [0.1, 0.15) is 5.54 Å². The van der Waals surface area contributed by atoms with Gasteiger partial charge in [-0.3, -0.25) is 5.32 Å². The molecule has 0 aromatic heterocycles. The molecule has 1 saturated heterocycles. The van der Waals surface area contributed by atoms with Gasteiger partial charge in [0.25, 0.3) is 0 Å². The summed E-state index contributed by atoms with van der Waals surface area (Å²) >= 11 is 2.03. The SMILES string of the molecule is CCCNC1(C#N)CCC(SC2COC2)C1. The predicted octanol–water partition coefficient (Wildman–Crippen LogP) is 1.93. The fourth-order valence-electron chi connectivity index (χ4n) is 2.35. The van der Waals surface area contributed by atoms with Crippen LogP contribution in [0.25, 0.3) is 0 Å². The summed E-state index contributed by atoms with van der Waals surface area (Å²) < 4.78 is 5.19. The fourth-order valence-corrected chi connectivity index (χ4v) is 3.88.